The van der Waals surface area contributed by atoms with E-state index >= 15 is 0 Å². The number of hydrogen-bond donors (Lipinski definition) is 2. The van der Waals surface area contributed by atoms with Crippen LogP contribution in [0.15, 0.2) is 0 Å². The minimum Gasteiger partial charge on any atom is -0.480 e. The van der Waals surface area contributed by atoms with Crippen molar-refractivity contribution in [2.24, 2.45) is 5.41 Å². The molecule has 1 rings (SSSR count). The molecule has 0 saturated heterocycles. The number of hydrogen-bond acceptors (Lipinski definition) is 3. The molecule has 0 bridgehead atoms. The minimum atomic E-state index is -0.723. The van der Waals surface area contributed by atoms with Crippen LogP contribution in [-0.4, -0.2) is 47.2 Å². The summed E-state index contributed by atoms with van der Waals surface area (Å²) in [5.74, 6) is -0.723. The molecule has 1 aliphatic carbocycles. The molecule has 0 spiro atoms. The third kappa shape index (κ3) is 5.91. The summed E-state index contributed by atoms with van der Waals surface area (Å²) in [6.07, 6.45) is 3.33. The van der Waals surface area contributed by atoms with Gasteiger partial charge in [0.1, 0.15) is 0 Å². The smallest absolute Gasteiger partial charge is 0.317 e. The van der Waals surface area contributed by atoms with Crippen molar-refractivity contribution in [3.05, 3.63) is 0 Å². The van der Waals surface area contributed by atoms with E-state index in [1.165, 1.54) is 6.42 Å². The predicted octanol–water partition coefficient (Wildman–Crippen LogP) is 2.34. The standard InChI is InChI=1S/C15H30N2O2/c1-6-17(10-14(18)19)13-7-12(8-13)16-11(2)9-15(3,4)5/h11-13,16H,6-10H2,1-5H3,(H,18,19). The van der Waals surface area contributed by atoms with E-state index in [0.717, 1.165) is 19.4 Å². The monoisotopic (exact) mass is 270 g/mol. The highest BCUT2D eigenvalue weighted by Crippen LogP contribution is 2.27. The Morgan fingerprint density at radius 1 is 1.42 bits per heavy atom. The summed E-state index contributed by atoms with van der Waals surface area (Å²) in [4.78, 5) is 12.8. The Bertz CT molecular complexity index is 293. The number of carbonyl (C=O) groups is 1. The first-order valence-corrected chi connectivity index (χ1v) is 7.43. The Labute approximate surface area is 117 Å². The maximum atomic E-state index is 10.8. The molecule has 1 unspecified atom stereocenters. The van der Waals surface area contributed by atoms with Crippen LogP contribution in [0.3, 0.4) is 0 Å². The Morgan fingerprint density at radius 3 is 2.42 bits per heavy atom. The molecule has 0 aromatic carbocycles. The number of carboxylic acids is 1. The fourth-order valence-electron chi connectivity index (χ4n) is 3.07. The second-order valence-electron chi connectivity index (χ2n) is 7.11. The average Bonchev–Trinajstić information content (AvgIpc) is 2.17. The molecule has 19 heavy (non-hydrogen) atoms. The molecule has 1 saturated carbocycles. The number of likely N-dealkylation sites (N-methyl/N-ethyl adjacent to an activating group) is 1. The Kier molecular flexibility index (Phi) is 5.81. The summed E-state index contributed by atoms with van der Waals surface area (Å²) in [7, 11) is 0. The van der Waals surface area contributed by atoms with Crippen molar-refractivity contribution in [3.63, 3.8) is 0 Å². The van der Waals surface area contributed by atoms with Crippen molar-refractivity contribution >= 4 is 5.97 Å². The topological polar surface area (TPSA) is 52.6 Å². The van der Waals surface area contributed by atoms with Gasteiger partial charge in [-0.1, -0.05) is 27.7 Å². The largest absolute Gasteiger partial charge is 0.480 e. The van der Waals surface area contributed by atoms with Gasteiger partial charge in [0.2, 0.25) is 0 Å². The summed E-state index contributed by atoms with van der Waals surface area (Å²) in [5, 5.41) is 12.5. The molecule has 0 amide bonds. The van der Waals surface area contributed by atoms with Crippen LogP contribution in [0.25, 0.3) is 0 Å². The van der Waals surface area contributed by atoms with E-state index in [9.17, 15) is 4.79 Å². The molecule has 2 N–H and O–H groups in total. The number of rotatable bonds is 7. The van der Waals surface area contributed by atoms with Crippen molar-refractivity contribution in [1.82, 2.24) is 10.2 Å². The van der Waals surface area contributed by atoms with Gasteiger partial charge in [-0.2, -0.15) is 0 Å². The molecule has 1 aliphatic rings. The first-order chi connectivity index (χ1) is 8.71. The zero-order valence-electron chi connectivity index (χ0n) is 13.1. The summed E-state index contributed by atoms with van der Waals surface area (Å²) in [6, 6.07) is 1.53. The normalized spacial score (nSPS) is 25.2. The lowest BCUT2D eigenvalue weighted by Crippen LogP contribution is -2.55. The number of aliphatic carboxylic acids is 1. The quantitative estimate of drug-likeness (QED) is 0.745. The van der Waals surface area contributed by atoms with Crippen LogP contribution in [-0.2, 0) is 4.79 Å². The molecule has 0 heterocycles. The van der Waals surface area contributed by atoms with E-state index in [0.29, 0.717) is 23.5 Å². The molecular weight excluding hydrogens is 240 g/mol. The summed E-state index contributed by atoms with van der Waals surface area (Å²) in [6.45, 7) is 12.1. The summed E-state index contributed by atoms with van der Waals surface area (Å²) in [5.41, 5.74) is 0.355. The first-order valence-electron chi connectivity index (χ1n) is 7.43. The Hall–Kier alpha value is -0.610. The van der Waals surface area contributed by atoms with Gasteiger partial charge in [0.05, 0.1) is 6.54 Å². The van der Waals surface area contributed by atoms with E-state index in [4.69, 9.17) is 5.11 Å². The molecule has 4 heteroatoms. The summed E-state index contributed by atoms with van der Waals surface area (Å²) < 4.78 is 0. The van der Waals surface area contributed by atoms with E-state index in [2.05, 4.69) is 37.9 Å². The average molecular weight is 270 g/mol. The van der Waals surface area contributed by atoms with Gasteiger partial charge in [0.15, 0.2) is 0 Å². The molecule has 112 valence electrons. The Balaban J connectivity index is 2.27. The van der Waals surface area contributed by atoms with Crippen molar-refractivity contribution in [2.75, 3.05) is 13.1 Å². The molecule has 0 aromatic rings. The van der Waals surface area contributed by atoms with Crippen molar-refractivity contribution in [2.45, 2.75) is 72.0 Å². The van der Waals surface area contributed by atoms with Crippen molar-refractivity contribution in [1.29, 1.82) is 0 Å². The van der Waals surface area contributed by atoms with Gasteiger partial charge in [-0.15, -0.1) is 0 Å². The van der Waals surface area contributed by atoms with Crippen LogP contribution >= 0.6 is 0 Å². The van der Waals surface area contributed by atoms with Crippen molar-refractivity contribution < 1.29 is 9.90 Å². The molecule has 0 radical (unpaired) electrons. The van der Waals surface area contributed by atoms with Crippen LogP contribution in [0.4, 0.5) is 0 Å². The van der Waals surface area contributed by atoms with Gasteiger partial charge >= 0.3 is 5.97 Å². The molecule has 4 nitrogen and oxygen atoms in total. The van der Waals surface area contributed by atoms with E-state index in [-0.39, 0.29) is 6.54 Å². The van der Waals surface area contributed by atoms with Gasteiger partial charge in [-0.05, 0) is 38.1 Å². The van der Waals surface area contributed by atoms with Gasteiger partial charge in [-0.3, -0.25) is 9.69 Å². The lowest BCUT2D eigenvalue weighted by molar-refractivity contribution is -0.139. The fourth-order valence-corrected chi connectivity index (χ4v) is 3.07. The SMILES string of the molecule is CCN(CC(=O)O)C1CC(NC(C)CC(C)(C)C)C1. The second-order valence-corrected chi connectivity index (χ2v) is 7.11. The molecular formula is C15H30N2O2. The second kappa shape index (κ2) is 6.71. The number of nitrogens with one attached hydrogen (secondary N) is 1. The third-order valence-corrected chi connectivity index (χ3v) is 3.81. The lowest BCUT2D eigenvalue weighted by atomic mass is 9.83. The minimum absolute atomic E-state index is 0.172. The van der Waals surface area contributed by atoms with Gasteiger partial charge < -0.3 is 10.4 Å². The first kappa shape index (κ1) is 16.4. The van der Waals surface area contributed by atoms with Crippen LogP contribution < -0.4 is 5.32 Å². The van der Waals surface area contributed by atoms with Gasteiger partial charge in [-0.25, -0.2) is 0 Å². The van der Waals surface area contributed by atoms with E-state index in [1.807, 2.05) is 6.92 Å². The Morgan fingerprint density at radius 2 is 2.00 bits per heavy atom. The van der Waals surface area contributed by atoms with E-state index in [1.54, 1.807) is 0 Å². The number of carboxylic acid groups (broad SMARTS) is 1. The zero-order valence-corrected chi connectivity index (χ0v) is 13.1. The predicted molar refractivity (Wildman–Crippen MR) is 78.4 cm³/mol. The van der Waals surface area contributed by atoms with Crippen molar-refractivity contribution in [3.8, 4) is 0 Å². The highest BCUT2D eigenvalue weighted by atomic mass is 16.4. The highest BCUT2D eigenvalue weighted by molar-refractivity contribution is 5.69. The van der Waals surface area contributed by atoms with E-state index < -0.39 is 5.97 Å². The zero-order chi connectivity index (χ0) is 14.6. The maximum absolute atomic E-state index is 10.8. The molecule has 1 fully saturated rings. The molecule has 0 aromatic heterocycles. The molecule has 0 aliphatic heterocycles. The fraction of sp³-hybridized carbons (Fsp3) is 0.933. The highest BCUT2D eigenvalue weighted by Gasteiger charge is 2.34. The van der Waals surface area contributed by atoms with Crippen LogP contribution in [0.2, 0.25) is 0 Å². The lowest BCUT2D eigenvalue weighted by Gasteiger charge is -2.44. The van der Waals surface area contributed by atoms with Crippen LogP contribution in [0, 0.1) is 5.41 Å². The maximum Gasteiger partial charge on any atom is 0.317 e. The number of nitrogens with zero attached hydrogens (tertiary/aromatic N) is 1. The van der Waals surface area contributed by atoms with Crippen LogP contribution in [0.5, 0.6) is 0 Å². The third-order valence-electron chi connectivity index (χ3n) is 3.81. The van der Waals surface area contributed by atoms with Gasteiger partial charge in [0.25, 0.3) is 0 Å². The van der Waals surface area contributed by atoms with Crippen LogP contribution in [0.1, 0.15) is 53.9 Å². The summed E-state index contributed by atoms with van der Waals surface area (Å²) >= 11 is 0. The molecule has 1 atom stereocenters. The van der Waals surface area contributed by atoms with Gasteiger partial charge in [0, 0.05) is 18.1 Å².